The van der Waals surface area contributed by atoms with Crippen molar-refractivity contribution in [1.82, 2.24) is 25.1 Å². The van der Waals surface area contributed by atoms with E-state index in [0.29, 0.717) is 17.2 Å². The second kappa shape index (κ2) is 11.4. The molecule has 1 aliphatic heterocycles. The van der Waals surface area contributed by atoms with Crippen LogP contribution in [0.2, 0.25) is 0 Å². The molecule has 0 radical (unpaired) electrons. The van der Waals surface area contributed by atoms with E-state index in [1.807, 2.05) is 37.3 Å². The molecule has 10 heteroatoms. The molecule has 1 saturated carbocycles. The summed E-state index contributed by atoms with van der Waals surface area (Å²) in [6.07, 6.45) is 4.26. The van der Waals surface area contributed by atoms with E-state index >= 15 is 0 Å². The van der Waals surface area contributed by atoms with Crippen molar-refractivity contribution in [1.29, 1.82) is 0 Å². The third-order valence-corrected chi connectivity index (χ3v) is 7.39. The van der Waals surface area contributed by atoms with E-state index in [9.17, 15) is 4.79 Å². The number of piperazine rings is 1. The van der Waals surface area contributed by atoms with Gasteiger partial charge in [-0.2, -0.15) is 10.1 Å². The van der Waals surface area contributed by atoms with Gasteiger partial charge >= 0.3 is 0 Å². The number of hydrogen-bond acceptors (Lipinski definition) is 8. The van der Waals surface area contributed by atoms with Gasteiger partial charge in [-0.3, -0.25) is 14.8 Å². The van der Waals surface area contributed by atoms with Crippen molar-refractivity contribution in [2.75, 3.05) is 48.8 Å². The summed E-state index contributed by atoms with van der Waals surface area (Å²) in [5.74, 6) is 3.28. The standard InChI is InChI=1S/C30H34N8O2/c1-20-3-10-24(26(17-20)40-2)29(39)32-23-8-4-21(5-9-23)19-37-13-15-38(16-14-37)30-31-12-11-27(34-30)33-28-18-25(35-36-28)22-6-7-22/h3-5,8-12,17-18,22H,6-7,13-16,19H2,1-2H3,(H,32,39)(H2,31,33,34,35,36). The second-order valence-corrected chi connectivity index (χ2v) is 10.5. The van der Waals surface area contributed by atoms with Gasteiger partial charge in [-0.25, -0.2) is 4.98 Å². The molecular weight excluding hydrogens is 504 g/mol. The first-order valence-corrected chi connectivity index (χ1v) is 13.7. The van der Waals surface area contributed by atoms with Crippen molar-refractivity contribution >= 4 is 29.2 Å². The molecule has 2 aliphatic rings. The van der Waals surface area contributed by atoms with E-state index in [1.165, 1.54) is 24.1 Å². The molecule has 2 aromatic heterocycles. The second-order valence-electron chi connectivity index (χ2n) is 10.5. The number of amides is 1. The molecule has 10 nitrogen and oxygen atoms in total. The maximum atomic E-state index is 12.8. The van der Waals surface area contributed by atoms with Crippen LogP contribution in [-0.4, -0.2) is 64.3 Å². The zero-order chi connectivity index (χ0) is 27.5. The molecule has 6 rings (SSSR count). The van der Waals surface area contributed by atoms with E-state index in [4.69, 9.17) is 9.72 Å². The van der Waals surface area contributed by atoms with Gasteiger partial charge in [0.2, 0.25) is 5.95 Å². The fraction of sp³-hybridized carbons (Fsp3) is 0.333. The van der Waals surface area contributed by atoms with Crippen LogP contribution in [0.5, 0.6) is 5.75 Å². The number of ether oxygens (including phenoxy) is 1. The summed E-state index contributed by atoms with van der Waals surface area (Å²) in [5.41, 5.74) is 4.71. The zero-order valence-electron chi connectivity index (χ0n) is 22.9. The average Bonchev–Trinajstić information content (AvgIpc) is 3.73. The normalized spacial score (nSPS) is 15.6. The van der Waals surface area contributed by atoms with Crippen molar-refractivity contribution in [3.05, 3.63) is 83.2 Å². The number of methoxy groups -OCH3 is 1. The Balaban J connectivity index is 0.999. The topological polar surface area (TPSA) is 111 Å². The average molecular weight is 539 g/mol. The molecular formula is C30H34N8O2. The van der Waals surface area contributed by atoms with Crippen LogP contribution in [0.4, 0.5) is 23.3 Å². The first kappa shape index (κ1) is 25.8. The van der Waals surface area contributed by atoms with E-state index < -0.39 is 0 Å². The summed E-state index contributed by atoms with van der Waals surface area (Å²) in [6, 6.07) is 17.5. The highest BCUT2D eigenvalue weighted by Gasteiger charge is 2.25. The number of nitrogens with zero attached hydrogens (tertiary/aromatic N) is 5. The van der Waals surface area contributed by atoms with Gasteiger partial charge < -0.3 is 20.3 Å². The van der Waals surface area contributed by atoms with Gasteiger partial charge in [0.1, 0.15) is 11.6 Å². The van der Waals surface area contributed by atoms with Crippen LogP contribution in [-0.2, 0) is 6.54 Å². The number of H-pyrrole nitrogens is 1. The van der Waals surface area contributed by atoms with Crippen LogP contribution < -0.4 is 20.3 Å². The lowest BCUT2D eigenvalue weighted by atomic mass is 10.1. The summed E-state index contributed by atoms with van der Waals surface area (Å²) in [7, 11) is 1.58. The number of aryl methyl sites for hydroxylation is 1. The number of carbonyl (C=O) groups is 1. The lowest BCUT2D eigenvalue weighted by molar-refractivity contribution is 0.102. The maximum absolute atomic E-state index is 12.8. The Morgan fingerprint density at radius 2 is 1.82 bits per heavy atom. The van der Waals surface area contributed by atoms with Gasteiger partial charge in [-0.15, -0.1) is 0 Å². The van der Waals surface area contributed by atoms with Gasteiger partial charge in [0.25, 0.3) is 5.91 Å². The minimum absolute atomic E-state index is 0.186. The van der Waals surface area contributed by atoms with Crippen molar-refractivity contribution in [3.63, 3.8) is 0 Å². The molecule has 0 bridgehead atoms. The molecule has 1 aliphatic carbocycles. The number of carbonyl (C=O) groups excluding carboxylic acids is 1. The highest BCUT2D eigenvalue weighted by Crippen LogP contribution is 2.39. The Morgan fingerprint density at radius 3 is 2.58 bits per heavy atom. The predicted molar refractivity (Wildman–Crippen MR) is 155 cm³/mol. The maximum Gasteiger partial charge on any atom is 0.259 e. The summed E-state index contributed by atoms with van der Waals surface area (Å²) in [5, 5.41) is 13.8. The van der Waals surface area contributed by atoms with Crippen LogP contribution >= 0.6 is 0 Å². The molecule has 3 heterocycles. The zero-order valence-corrected chi connectivity index (χ0v) is 22.9. The minimum atomic E-state index is -0.186. The fourth-order valence-electron chi connectivity index (χ4n) is 4.95. The predicted octanol–water partition coefficient (Wildman–Crippen LogP) is 4.71. The molecule has 2 fully saturated rings. The van der Waals surface area contributed by atoms with Crippen LogP contribution in [0.3, 0.4) is 0 Å². The van der Waals surface area contributed by atoms with E-state index in [1.54, 1.807) is 19.4 Å². The van der Waals surface area contributed by atoms with E-state index in [-0.39, 0.29) is 5.91 Å². The fourth-order valence-corrected chi connectivity index (χ4v) is 4.95. The minimum Gasteiger partial charge on any atom is -0.496 e. The number of aromatic amines is 1. The molecule has 0 spiro atoms. The van der Waals surface area contributed by atoms with Gasteiger partial charge in [-0.05, 0) is 61.2 Å². The lowest BCUT2D eigenvalue weighted by Crippen LogP contribution is -2.46. The molecule has 4 aromatic rings. The molecule has 2 aromatic carbocycles. The summed E-state index contributed by atoms with van der Waals surface area (Å²) in [4.78, 5) is 26.7. The third-order valence-electron chi connectivity index (χ3n) is 7.39. The highest BCUT2D eigenvalue weighted by atomic mass is 16.5. The molecule has 1 saturated heterocycles. The number of rotatable bonds is 9. The Labute approximate surface area is 233 Å². The Bertz CT molecular complexity index is 1470. The van der Waals surface area contributed by atoms with Crippen molar-refractivity contribution in [2.45, 2.75) is 32.2 Å². The van der Waals surface area contributed by atoms with Gasteiger partial charge in [0.05, 0.1) is 12.7 Å². The first-order valence-electron chi connectivity index (χ1n) is 13.7. The number of benzene rings is 2. The third kappa shape index (κ3) is 6.07. The Hall–Kier alpha value is -4.44. The SMILES string of the molecule is COc1cc(C)ccc1C(=O)Nc1ccc(CN2CCN(c3nccc(Nc4cc(C5CC5)[nH]n4)n3)CC2)cc1. The molecule has 3 N–H and O–H groups in total. The smallest absolute Gasteiger partial charge is 0.259 e. The van der Waals surface area contributed by atoms with Crippen LogP contribution in [0.1, 0.15) is 45.9 Å². The lowest BCUT2D eigenvalue weighted by Gasteiger charge is -2.34. The Morgan fingerprint density at radius 1 is 1.02 bits per heavy atom. The quantitative estimate of drug-likeness (QED) is 0.281. The number of aromatic nitrogens is 4. The summed E-state index contributed by atoms with van der Waals surface area (Å²) in [6.45, 7) is 6.35. The largest absolute Gasteiger partial charge is 0.496 e. The Kier molecular flexibility index (Phi) is 7.33. The highest BCUT2D eigenvalue weighted by molar-refractivity contribution is 6.06. The first-order chi connectivity index (χ1) is 19.5. The van der Waals surface area contributed by atoms with Gasteiger partial charge in [0.15, 0.2) is 5.82 Å². The van der Waals surface area contributed by atoms with Crippen molar-refractivity contribution in [2.24, 2.45) is 0 Å². The monoisotopic (exact) mass is 538 g/mol. The summed E-state index contributed by atoms with van der Waals surface area (Å²) < 4.78 is 5.38. The number of anilines is 4. The van der Waals surface area contributed by atoms with Crippen molar-refractivity contribution < 1.29 is 9.53 Å². The molecule has 0 atom stereocenters. The number of hydrogen-bond donors (Lipinski definition) is 3. The molecule has 40 heavy (non-hydrogen) atoms. The van der Waals surface area contributed by atoms with Crippen LogP contribution in [0.15, 0.2) is 60.8 Å². The van der Waals surface area contributed by atoms with E-state index in [2.05, 4.69) is 53.8 Å². The van der Waals surface area contributed by atoms with Gasteiger partial charge in [-0.1, -0.05) is 18.2 Å². The summed E-state index contributed by atoms with van der Waals surface area (Å²) >= 11 is 0. The molecule has 206 valence electrons. The van der Waals surface area contributed by atoms with Crippen LogP contribution in [0.25, 0.3) is 0 Å². The molecule has 1 amide bonds. The molecule has 0 unspecified atom stereocenters. The van der Waals surface area contributed by atoms with Crippen LogP contribution in [0, 0.1) is 6.92 Å². The number of nitrogens with one attached hydrogen (secondary N) is 3. The van der Waals surface area contributed by atoms with Gasteiger partial charge in [0, 0.05) is 62.3 Å². The van der Waals surface area contributed by atoms with E-state index in [0.717, 1.165) is 61.6 Å². The van der Waals surface area contributed by atoms with Crippen molar-refractivity contribution in [3.8, 4) is 5.75 Å².